The second-order valence-corrected chi connectivity index (χ2v) is 7.34. The van der Waals surface area contributed by atoms with Crippen molar-refractivity contribution in [2.45, 2.75) is 24.9 Å². The molecular weight excluding hydrogens is 410 g/mol. The molecule has 2 aromatic rings. The lowest BCUT2D eigenvalue weighted by atomic mass is 9.97. The molecule has 1 atom stereocenters. The van der Waals surface area contributed by atoms with E-state index in [1.54, 1.807) is 13.2 Å². The fourth-order valence-corrected chi connectivity index (χ4v) is 3.18. The molecule has 0 bridgehead atoms. The SMILES string of the molecule is C=CC[C@@]1(C(=O)NNCc2ccc(OC)cc2)COC(c2ccc(OCCCO)cc2)=N1. The minimum Gasteiger partial charge on any atom is -0.497 e. The zero-order valence-electron chi connectivity index (χ0n) is 18.2. The van der Waals surface area contributed by atoms with E-state index < -0.39 is 5.54 Å². The first-order valence-electron chi connectivity index (χ1n) is 10.4. The fourth-order valence-electron chi connectivity index (χ4n) is 3.18. The van der Waals surface area contributed by atoms with Gasteiger partial charge in [-0.2, -0.15) is 0 Å². The number of benzene rings is 2. The Morgan fingerprint density at radius 3 is 2.59 bits per heavy atom. The zero-order chi connectivity index (χ0) is 22.8. The van der Waals surface area contributed by atoms with Crippen molar-refractivity contribution in [3.8, 4) is 11.5 Å². The van der Waals surface area contributed by atoms with E-state index >= 15 is 0 Å². The molecule has 1 aliphatic heterocycles. The monoisotopic (exact) mass is 439 g/mol. The summed E-state index contributed by atoms with van der Waals surface area (Å²) in [4.78, 5) is 17.6. The number of amides is 1. The van der Waals surface area contributed by atoms with Crippen LogP contribution in [0.5, 0.6) is 11.5 Å². The summed E-state index contributed by atoms with van der Waals surface area (Å²) < 4.78 is 16.5. The van der Waals surface area contributed by atoms with Crippen LogP contribution in [0.4, 0.5) is 0 Å². The minimum atomic E-state index is -1.08. The van der Waals surface area contributed by atoms with Gasteiger partial charge in [0, 0.05) is 31.6 Å². The van der Waals surface area contributed by atoms with Crippen molar-refractivity contribution in [2.75, 3.05) is 26.9 Å². The largest absolute Gasteiger partial charge is 0.497 e. The molecule has 0 fully saturated rings. The molecule has 0 radical (unpaired) electrons. The number of aliphatic hydroxyl groups excluding tert-OH is 1. The molecule has 3 N–H and O–H groups in total. The van der Waals surface area contributed by atoms with Crippen LogP contribution in [-0.4, -0.2) is 49.4 Å². The molecule has 170 valence electrons. The lowest BCUT2D eigenvalue weighted by Crippen LogP contribution is -2.51. The van der Waals surface area contributed by atoms with Gasteiger partial charge in [-0.3, -0.25) is 10.2 Å². The Kier molecular flexibility index (Phi) is 8.24. The lowest BCUT2D eigenvalue weighted by Gasteiger charge is -2.21. The van der Waals surface area contributed by atoms with Crippen LogP contribution in [-0.2, 0) is 16.1 Å². The smallest absolute Gasteiger partial charge is 0.266 e. The molecule has 32 heavy (non-hydrogen) atoms. The molecule has 1 heterocycles. The van der Waals surface area contributed by atoms with Crippen molar-refractivity contribution in [1.82, 2.24) is 10.9 Å². The second kappa shape index (κ2) is 11.3. The molecule has 0 spiro atoms. The summed E-state index contributed by atoms with van der Waals surface area (Å²) in [5.74, 6) is 1.58. The van der Waals surface area contributed by atoms with Crippen molar-refractivity contribution >= 4 is 11.8 Å². The number of carbonyl (C=O) groups is 1. The average Bonchev–Trinajstić information content (AvgIpc) is 3.26. The molecule has 8 heteroatoms. The number of hydrogen-bond acceptors (Lipinski definition) is 7. The number of methoxy groups -OCH3 is 1. The molecule has 0 aliphatic carbocycles. The molecule has 2 aromatic carbocycles. The highest BCUT2D eigenvalue weighted by molar-refractivity contribution is 6.00. The number of nitrogens with zero attached hydrogens (tertiary/aromatic N) is 1. The van der Waals surface area contributed by atoms with E-state index in [2.05, 4.69) is 22.4 Å². The van der Waals surface area contributed by atoms with Gasteiger partial charge in [0.1, 0.15) is 18.1 Å². The molecule has 1 aliphatic rings. The van der Waals surface area contributed by atoms with Crippen LogP contribution in [0.15, 0.2) is 66.2 Å². The normalized spacial score (nSPS) is 17.2. The first-order chi connectivity index (χ1) is 15.6. The maximum absolute atomic E-state index is 13.0. The van der Waals surface area contributed by atoms with Crippen LogP contribution in [0.2, 0.25) is 0 Å². The predicted molar refractivity (Wildman–Crippen MR) is 122 cm³/mol. The van der Waals surface area contributed by atoms with Gasteiger partial charge in [0.15, 0.2) is 5.54 Å². The first-order valence-corrected chi connectivity index (χ1v) is 10.4. The molecule has 3 rings (SSSR count). The van der Waals surface area contributed by atoms with Crippen LogP contribution in [0.1, 0.15) is 24.0 Å². The van der Waals surface area contributed by atoms with E-state index in [1.807, 2.05) is 48.5 Å². The Morgan fingerprint density at radius 2 is 1.94 bits per heavy atom. The third-order valence-electron chi connectivity index (χ3n) is 4.99. The van der Waals surface area contributed by atoms with Crippen LogP contribution < -0.4 is 20.3 Å². The molecule has 0 saturated heterocycles. The quantitative estimate of drug-likeness (QED) is 0.267. The van der Waals surface area contributed by atoms with Gasteiger partial charge in [0.25, 0.3) is 5.91 Å². The van der Waals surface area contributed by atoms with Crippen molar-refractivity contribution in [1.29, 1.82) is 0 Å². The van der Waals surface area contributed by atoms with Gasteiger partial charge in [-0.25, -0.2) is 10.4 Å². The number of rotatable bonds is 12. The Bertz CT molecular complexity index is 928. The summed E-state index contributed by atoms with van der Waals surface area (Å²) in [5, 5.41) is 8.84. The predicted octanol–water partition coefficient (Wildman–Crippen LogP) is 2.37. The Labute approximate surface area is 187 Å². The first kappa shape index (κ1) is 23.3. The maximum Gasteiger partial charge on any atom is 0.266 e. The molecule has 8 nitrogen and oxygen atoms in total. The fraction of sp³-hybridized carbons (Fsp3) is 0.333. The highest BCUT2D eigenvalue weighted by Crippen LogP contribution is 2.27. The van der Waals surface area contributed by atoms with Crippen molar-refractivity contribution in [2.24, 2.45) is 4.99 Å². The Morgan fingerprint density at radius 1 is 1.22 bits per heavy atom. The molecule has 1 amide bonds. The topological polar surface area (TPSA) is 101 Å². The molecule has 0 saturated carbocycles. The number of aliphatic imine (C=N–C) groups is 1. The third kappa shape index (κ3) is 5.87. The summed E-state index contributed by atoms with van der Waals surface area (Å²) >= 11 is 0. The van der Waals surface area contributed by atoms with Crippen molar-refractivity contribution in [3.05, 3.63) is 72.3 Å². The number of carbonyl (C=O) groups excluding carboxylic acids is 1. The van der Waals surface area contributed by atoms with E-state index in [0.29, 0.717) is 37.6 Å². The van der Waals surface area contributed by atoms with Gasteiger partial charge < -0.3 is 19.3 Å². The summed E-state index contributed by atoms with van der Waals surface area (Å²) in [5.41, 5.74) is 6.36. The molecule has 0 aromatic heterocycles. The van der Waals surface area contributed by atoms with Gasteiger partial charge in [0.05, 0.1) is 13.7 Å². The maximum atomic E-state index is 13.0. The summed E-state index contributed by atoms with van der Waals surface area (Å²) in [6.45, 7) is 4.88. The molecular formula is C24H29N3O5. The Balaban J connectivity index is 1.62. The van der Waals surface area contributed by atoms with Crippen LogP contribution in [0.3, 0.4) is 0 Å². The van der Waals surface area contributed by atoms with Crippen LogP contribution in [0, 0.1) is 0 Å². The summed E-state index contributed by atoms with van der Waals surface area (Å²) in [6.07, 6.45) is 2.58. The number of hydrogen-bond donors (Lipinski definition) is 3. The number of nitrogens with one attached hydrogen (secondary N) is 2. The van der Waals surface area contributed by atoms with E-state index in [1.165, 1.54) is 0 Å². The Hall–Kier alpha value is -3.36. The van der Waals surface area contributed by atoms with Gasteiger partial charge in [-0.15, -0.1) is 6.58 Å². The van der Waals surface area contributed by atoms with Crippen LogP contribution >= 0.6 is 0 Å². The van der Waals surface area contributed by atoms with E-state index in [9.17, 15) is 4.79 Å². The number of hydrazine groups is 1. The summed E-state index contributed by atoms with van der Waals surface area (Å²) in [7, 11) is 1.62. The average molecular weight is 440 g/mol. The van der Waals surface area contributed by atoms with Gasteiger partial charge in [-0.1, -0.05) is 18.2 Å². The minimum absolute atomic E-state index is 0.0884. The van der Waals surface area contributed by atoms with E-state index in [4.69, 9.17) is 19.3 Å². The zero-order valence-corrected chi connectivity index (χ0v) is 18.2. The van der Waals surface area contributed by atoms with E-state index in [0.717, 1.165) is 16.9 Å². The number of ether oxygens (including phenoxy) is 3. The van der Waals surface area contributed by atoms with Gasteiger partial charge in [-0.05, 0) is 42.0 Å². The van der Waals surface area contributed by atoms with Crippen molar-refractivity contribution < 1.29 is 24.1 Å². The highest BCUT2D eigenvalue weighted by Gasteiger charge is 2.43. The standard InChI is InChI=1S/C24H29N3O5/c1-3-13-24(23(29)27-25-16-18-5-9-20(30-2)10-6-18)17-32-22(26-24)19-7-11-21(12-8-19)31-15-4-14-28/h3,5-12,25,28H,1,4,13-17H2,2H3,(H,27,29)/t24-/m0/s1. The third-order valence-corrected chi connectivity index (χ3v) is 4.99. The number of aliphatic hydroxyl groups is 1. The van der Waals surface area contributed by atoms with Gasteiger partial charge in [0.2, 0.25) is 5.90 Å². The summed E-state index contributed by atoms with van der Waals surface area (Å²) in [6, 6.07) is 14.8. The van der Waals surface area contributed by atoms with Crippen LogP contribution in [0.25, 0.3) is 0 Å². The second-order valence-electron chi connectivity index (χ2n) is 7.34. The molecule has 0 unspecified atom stereocenters. The van der Waals surface area contributed by atoms with Gasteiger partial charge >= 0.3 is 0 Å². The van der Waals surface area contributed by atoms with E-state index in [-0.39, 0.29) is 19.1 Å². The lowest BCUT2D eigenvalue weighted by molar-refractivity contribution is -0.127. The van der Waals surface area contributed by atoms with Crippen molar-refractivity contribution in [3.63, 3.8) is 0 Å². The highest BCUT2D eigenvalue weighted by atomic mass is 16.5.